The summed E-state index contributed by atoms with van der Waals surface area (Å²) in [4.78, 5) is 0. The van der Waals surface area contributed by atoms with E-state index in [4.69, 9.17) is 27.9 Å². The van der Waals surface area contributed by atoms with E-state index in [0.717, 1.165) is 29.9 Å². The van der Waals surface area contributed by atoms with Crippen molar-refractivity contribution in [3.05, 3.63) is 58.6 Å². The maximum absolute atomic E-state index is 6.10. The molecule has 0 saturated heterocycles. The van der Waals surface area contributed by atoms with Crippen LogP contribution < -0.4 is 4.74 Å². The Balaban J connectivity index is 2.10. The minimum atomic E-state index is 0.408. The highest BCUT2D eigenvalue weighted by atomic mass is 35.5. The molecular weight excluding hydrogens is 279 g/mol. The molecule has 0 N–H and O–H groups in total. The second kappa shape index (κ2) is 6.83. The number of ether oxygens (including phenoxy) is 1. The number of benzene rings is 2. The zero-order valence-corrected chi connectivity index (χ0v) is 12.3. The summed E-state index contributed by atoms with van der Waals surface area (Å²) in [6.07, 6.45) is 2.24. The Morgan fingerprint density at radius 3 is 2.26 bits per heavy atom. The van der Waals surface area contributed by atoms with Crippen molar-refractivity contribution in [1.82, 2.24) is 0 Å². The SMILES string of the molecule is CCCc1ccc(Oc2ccc(CCl)c(Cl)c2)cc1. The van der Waals surface area contributed by atoms with Gasteiger partial charge < -0.3 is 4.74 Å². The molecule has 19 heavy (non-hydrogen) atoms. The van der Waals surface area contributed by atoms with E-state index in [-0.39, 0.29) is 0 Å². The lowest BCUT2D eigenvalue weighted by atomic mass is 10.1. The topological polar surface area (TPSA) is 9.23 Å². The molecule has 0 fully saturated rings. The fraction of sp³-hybridized carbons (Fsp3) is 0.250. The van der Waals surface area contributed by atoms with Gasteiger partial charge in [0.25, 0.3) is 0 Å². The van der Waals surface area contributed by atoms with Crippen LogP contribution in [0.5, 0.6) is 11.5 Å². The lowest BCUT2D eigenvalue weighted by molar-refractivity contribution is 0.482. The molecule has 0 bridgehead atoms. The van der Waals surface area contributed by atoms with Gasteiger partial charge in [-0.25, -0.2) is 0 Å². The predicted octanol–water partition coefficient (Wildman–Crippen LogP) is 5.82. The van der Waals surface area contributed by atoms with Crippen molar-refractivity contribution in [3.8, 4) is 11.5 Å². The van der Waals surface area contributed by atoms with Crippen molar-refractivity contribution in [1.29, 1.82) is 0 Å². The Kier molecular flexibility index (Phi) is 5.12. The number of aryl methyl sites for hydroxylation is 1. The first kappa shape index (κ1) is 14.2. The number of halogens is 2. The molecule has 100 valence electrons. The van der Waals surface area contributed by atoms with Crippen LogP contribution in [0.4, 0.5) is 0 Å². The van der Waals surface area contributed by atoms with Gasteiger partial charge in [-0.15, -0.1) is 11.6 Å². The summed E-state index contributed by atoms with van der Waals surface area (Å²) in [5.41, 5.74) is 2.24. The van der Waals surface area contributed by atoms with Gasteiger partial charge in [-0.05, 0) is 41.8 Å². The zero-order chi connectivity index (χ0) is 13.7. The molecule has 0 spiro atoms. The van der Waals surface area contributed by atoms with E-state index in [9.17, 15) is 0 Å². The molecule has 0 aliphatic carbocycles. The number of hydrogen-bond acceptors (Lipinski definition) is 1. The molecule has 2 aromatic carbocycles. The monoisotopic (exact) mass is 294 g/mol. The van der Waals surface area contributed by atoms with Gasteiger partial charge >= 0.3 is 0 Å². The highest BCUT2D eigenvalue weighted by molar-refractivity contribution is 6.32. The van der Waals surface area contributed by atoms with Gasteiger partial charge in [0.2, 0.25) is 0 Å². The van der Waals surface area contributed by atoms with E-state index < -0.39 is 0 Å². The Hall–Kier alpha value is -1.18. The summed E-state index contributed by atoms with van der Waals surface area (Å²) in [7, 11) is 0. The Bertz CT molecular complexity index is 535. The van der Waals surface area contributed by atoms with Gasteiger partial charge in [0, 0.05) is 10.9 Å². The second-order valence-electron chi connectivity index (χ2n) is 4.38. The minimum Gasteiger partial charge on any atom is -0.457 e. The molecule has 0 aromatic heterocycles. The Morgan fingerprint density at radius 1 is 1.00 bits per heavy atom. The largest absolute Gasteiger partial charge is 0.457 e. The van der Waals surface area contributed by atoms with Gasteiger partial charge in [-0.2, -0.15) is 0 Å². The standard InChI is InChI=1S/C16H16Cl2O/c1-2-3-12-4-7-14(8-5-12)19-15-9-6-13(11-17)16(18)10-15/h4-10H,2-3,11H2,1H3. The highest BCUT2D eigenvalue weighted by Crippen LogP contribution is 2.27. The molecule has 0 unspecified atom stereocenters. The van der Waals surface area contributed by atoms with Crippen LogP contribution in [-0.2, 0) is 12.3 Å². The van der Waals surface area contributed by atoms with E-state index in [1.807, 2.05) is 24.3 Å². The quantitative estimate of drug-likeness (QED) is 0.631. The summed E-state index contributed by atoms with van der Waals surface area (Å²) >= 11 is 11.9. The lowest BCUT2D eigenvalue weighted by Gasteiger charge is -2.08. The summed E-state index contributed by atoms with van der Waals surface area (Å²) in [5, 5.41) is 0.634. The number of hydrogen-bond donors (Lipinski definition) is 0. The molecular formula is C16H16Cl2O. The number of rotatable bonds is 5. The van der Waals surface area contributed by atoms with E-state index in [1.165, 1.54) is 5.56 Å². The fourth-order valence-corrected chi connectivity index (χ4v) is 2.39. The fourth-order valence-electron chi connectivity index (χ4n) is 1.85. The summed E-state index contributed by atoms with van der Waals surface area (Å²) in [6, 6.07) is 13.7. The maximum atomic E-state index is 6.10. The van der Waals surface area contributed by atoms with E-state index in [2.05, 4.69) is 19.1 Å². The molecule has 0 atom stereocenters. The predicted molar refractivity (Wildman–Crippen MR) is 81.5 cm³/mol. The molecule has 2 rings (SSSR count). The van der Waals surface area contributed by atoms with Crippen molar-refractivity contribution in [2.45, 2.75) is 25.6 Å². The van der Waals surface area contributed by atoms with Crippen molar-refractivity contribution >= 4 is 23.2 Å². The van der Waals surface area contributed by atoms with Crippen molar-refractivity contribution in [2.24, 2.45) is 0 Å². The molecule has 0 heterocycles. The zero-order valence-electron chi connectivity index (χ0n) is 10.8. The van der Waals surface area contributed by atoms with Crippen LogP contribution in [-0.4, -0.2) is 0 Å². The molecule has 0 aliphatic heterocycles. The van der Waals surface area contributed by atoms with Crippen LogP contribution in [0.2, 0.25) is 5.02 Å². The van der Waals surface area contributed by atoms with Crippen molar-refractivity contribution in [3.63, 3.8) is 0 Å². The molecule has 3 heteroatoms. The van der Waals surface area contributed by atoms with Crippen LogP contribution in [0, 0.1) is 0 Å². The van der Waals surface area contributed by atoms with Gasteiger partial charge in [-0.3, -0.25) is 0 Å². The summed E-state index contributed by atoms with van der Waals surface area (Å²) in [5.74, 6) is 1.95. The first-order chi connectivity index (χ1) is 9.22. The molecule has 0 saturated carbocycles. The third-order valence-electron chi connectivity index (χ3n) is 2.87. The third-order valence-corrected chi connectivity index (χ3v) is 3.51. The van der Waals surface area contributed by atoms with E-state index in [0.29, 0.717) is 10.9 Å². The highest BCUT2D eigenvalue weighted by Gasteiger charge is 2.03. The van der Waals surface area contributed by atoms with Crippen LogP contribution >= 0.6 is 23.2 Å². The van der Waals surface area contributed by atoms with Crippen LogP contribution in [0.25, 0.3) is 0 Å². The lowest BCUT2D eigenvalue weighted by Crippen LogP contribution is -1.88. The van der Waals surface area contributed by atoms with E-state index >= 15 is 0 Å². The number of alkyl halides is 1. The third kappa shape index (κ3) is 3.89. The average Bonchev–Trinajstić information content (AvgIpc) is 2.42. The van der Waals surface area contributed by atoms with Crippen molar-refractivity contribution in [2.75, 3.05) is 0 Å². The molecule has 1 nitrogen and oxygen atoms in total. The Morgan fingerprint density at radius 2 is 1.68 bits per heavy atom. The molecule has 0 radical (unpaired) electrons. The smallest absolute Gasteiger partial charge is 0.128 e. The average molecular weight is 295 g/mol. The van der Waals surface area contributed by atoms with Crippen LogP contribution in [0.1, 0.15) is 24.5 Å². The summed E-state index contributed by atoms with van der Waals surface area (Å²) < 4.78 is 5.76. The first-order valence-electron chi connectivity index (χ1n) is 6.34. The van der Waals surface area contributed by atoms with Crippen molar-refractivity contribution < 1.29 is 4.74 Å². The van der Waals surface area contributed by atoms with E-state index in [1.54, 1.807) is 6.07 Å². The molecule has 0 aliphatic rings. The minimum absolute atomic E-state index is 0.408. The molecule has 2 aromatic rings. The molecule has 0 amide bonds. The van der Waals surface area contributed by atoms with Crippen LogP contribution in [0.15, 0.2) is 42.5 Å². The second-order valence-corrected chi connectivity index (χ2v) is 5.06. The normalized spacial score (nSPS) is 10.5. The Labute approximate surface area is 124 Å². The van der Waals surface area contributed by atoms with Gasteiger partial charge in [0.15, 0.2) is 0 Å². The first-order valence-corrected chi connectivity index (χ1v) is 7.25. The van der Waals surface area contributed by atoms with Gasteiger partial charge in [0.1, 0.15) is 11.5 Å². The van der Waals surface area contributed by atoms with Gasteiger partial charge in [-0.1, -0.05) is 43.1 Å². The summed E-state index contributed by atoms with van der Waals surface area (Å²) in [6.45, 7) is 2.17. The van der Waals surface area contributed by atoms with Crippen LogP contribution in [0.3, 0.4) is 0 Å². The maximum Gasteiger partial charge on any atom is 0.128 e. The van der Waals surface area contributed by atoms with Gasteiger partial charge in [0.05, 0.1) is 0 Å².